The number of H-pyrrole nitrogens is 1. The first kappa shape index (κ1) is 18.8. The Morgan fingerprint density at radius 1 is 1.07 bits per heavy atom. The van der Waals surface area contributed by atoms with Crippen LogP contribution in [-0.2, 0) is 6.18 Å². The number of hydrogen-bond acceptors (Lipinski definition) is 5. The minimum absolute atomic E-state index is 0.0535. The number of anilines is 2. The highest BCUT2D eigenvalue weighted by Crippen LogP contribution is 2.31. The quantitative estimate of drug-likeness (QED) is 0.541. The average Bonchev–Trinajstić information content (AvgIpc) is 3.15. The third kappa shape index (κ3) is 4.23. The summed E-state index contributed by atoms with van der Waals surface area (Å²) in [5.41, 5.74) is 4.86. The number of halogens is 3. The molecule has 0 saturated heterocycles. The Morgan fingerprint density at radius 2 is 1.86 bits per heavy atom. The molecule has 0 unspecified atom stereocenters. The van der Waals surface area contributed by atoms with Gasteiger partial charge in [-0.05, 0) is 41.6 Å². The number of primary amides is 1. The van der Waals surface area contributed by atoms with Crippen molar-refractivity contribution in [3.63, 3.8) is 0 Å². The molecule has 0 radical (unpaired) electrons. The second-order valence-electron chi connectivity index (χ2n) is 5.52. The largest absolute Gasteiger partial charge is 0.416 e. The van der Waals surface area contributed by atoms with E-state index in [1.54, 1.807) is 0 Å². The van der Waals surface area contributed by atoms with Crippen molar-refractivity contribution in [3.8, 4) is 11.4 Å². The molecule has 0 aliphatic heterocycles. The molecule has 0 aliphatic rings. The summed E-state index contributed by atoms with van der Waals surface area (Å²) in [5, 5.41) is 18.0. The van der Waals surface area contributed by atoms with Gasteiger partial charge in [0.1, 0.15) is 0 Å². The van der Waals surface area contributed by atoms with Gasteiger partial charge in [0.2, 0.25) is 11.7 Å². The number of urea groups is 1. The van der Waals surface area contributed by atoms with Crippen LogP contribution in [-0.4, -0.2) is 32.6 Å². The molecule has 5 N–H and O–H groups in total. The van der Waals surface area contributed by atoms with E-state index in [-0.39, 0.29) is 28.3 Å². The molecule has 0 fully saturated rings. The molecule has 144 valence electrons. The van der Waals surface area contributed by atoms with Gasteiger partial charge >= 0.3 is 12.2 Å². The second-order valence-corrected chi connectivity index (χ2v) is 5.52. The molecule has 1 heterocycles. The standard InChI is InChI=1S/C16H12F3N7O2/c17-16(18,19)9-2-1-3-10(7-9)21-15(28)22-12-5-4-8(13(20)27)6-11(12)14-23-25-26-24-14/h1-7H,(H2,20,27)(H2,21,22,28)(H,23,24,25,26). The number of aromatic amines is 1. The molecule has 3 amide bonds. The zero-order valence-corrected chi connectivity index (χ0v) is 13.9. The fourth-order valence-electron chi connectivity index (χ4n) is 2.33. The Balaban J connectivity index is 1.84. The third-order valence-corrected chi connectivity index (χ3v) is 3.59. The van der Waals surface area contributed by atoms with E-state index in [9.17, 15) is 22.8 Å². The van der Waals surface area contributed by atoms with Crippen molar-refractivity contribution >= 4 is 23.3 Å². The van der Waals surface area contributed by atoms with Crippen molar-refractivity contribution in [1.29, 1.82) is 0 Å². The van der Waals surface area contributed by atoms with Crippen molar-refractivity contribution in [1.82, 2.24) is 20.6 Å². The van der Waals surface area contributed by atoms with Crippen molar-refractivity contribution in [2.75, 3.05) is 10.6 Å². The van der Waals surface area contributed by atoms with Crippen LogP contribution >= 0.6 is 0 Å². The van der Waals surface area contributed by atoms with E-state index in [1.165, 1.54) is 30.3 Å². The van der Waals surface area contributed by atoms with Gasteiger partial charge in [-0.15, -0.1) is 10.2 Å². The number of nitrogens with one attached hydrogen (secondary N) is 3. The molecule has 2 aromatic carbocycles. The maximum Gasteiger partial charge on any atom is 0.416 e. The number of amides is 3. The zero-order valence-electron chi connectivity index (χ0n) is 13.9. The van der Waals surface area contributed by atoms with E-state index in [0.29, 0.717) is 0 Å². The summed E-state index contributed by atoms with van der Waals surface area (Å²) < 4.78 is 38.3. The number of benzene rings is 2. The highest BCUT2D eigenvalue weighted by atomic mass is 19.4. The minimum Gasteiger partial charge on any atom is -0.366 e. The maximum absolute atomic E-state index is 12.8. The van der Waals surface area contributed by atoms with Gasteiger partial charge in [0, 0.05) is 16.8 Å². The smallest absolute Gasteiger partial charge is 0.366 e. The van der Waals surface area contributed by atoms with E-state index < -0.39 is 23.7 Å². The van der Waals surface area contributed by atoms with Crippen LogP contribution in [0.1, 0.15) is 15.9 Å². The molecule has 0 spiro atoms. The molecule has 1 aromatic heterocycles. The molecule has 3 rings (SSSR count). The Labute approximate surface area is 155 Å². The second kappa shape index (κ2) is 7.34. The first-order valence-corrected chi connectivity index (χ1v) is 7.67. The minimum atomic E-state index is -4.54. The highest BCUT2D eigenvalue weighted by molar-refractivity contribution is 6.03. The van der Waals surface area contributed by atoms with Gasteiger partial charge in [0.05, 0.1) is 11.3 Å². The van der Waals surface area contributed by atoms with Gasteiger partial charge in [-0.3, -0.25) is 4.79 Å². The average molecular weight is 391 g/mol. The number of alkyl halides is 3. The number of rotatable bonds is 4. The van der Waals surface area contributed by atoms with Gasteiger partial charge in [0.15, 0.2) is 0 Å². The summed E-state index contributed by atoms with van der Waals surface area (Å²) >= 11 is 0. The molecule has 0 saturated carbocycles. The van der Waals surface area contributed by atoms with Crippen LogP contribution in [0.5, 0.6) is 0 Å². The number of nitrogens with zero attached hydrogens (tertiary/aromatic N) is 3. The molecule has 0 atom stereocenters. The summed E-state index contributed by atoms with van der Waals surface area (Å²) in [6.07, 6.45) is -4.54. The van der Waals surface area contributed by atoms with Gasteiger partial charge in [-0.25, -0.2) is 4.79 Å². The number of nitrogens with two attached hydrogens (primary N) is 1. The monoisotopic (exact) mass is 391 g/mol. The summed E-state index contributed by atoms with van der Waals surface area (Å²) in [6.45, 7) is 0. The zero-order chi connectivity index (χ0) is 20.3. The van der Waals surface area contributed by atoms with Gasteiger partial charge in [0.25, 0.3) is 0 Å². The van der Waals surface area contributed by atoms with E-state index in [2.05, 4.69) is 31.3 Å². The lowest BCUT2D eigenvalue weighted by Crippen LogP contribution is -2.20. The first-order valence-electron chi connectivity index (χ1n) is 7.67. The maximum atomic E-state index is 12.8. The lowest BCUT2D eigenvalue weighted by Gasteiger charge is -2.12. The van der Waals surface area contributed by atoms with E-state index in [1.807, 2.05) is 0 Å². The van der Waals surface area contributed by atoms with E-state index >= 15 is 0 Å². The third-order valence-electron chi connectivity index (χ3n) is 3.59. The summed E-state index contributed by atoms with van der Waals surface area (Å²) in [7, 11) is 0. The topological polar surface area (TPSA) is 139 Å². The van der Waals surface area contributed by atoms with Crippen molar-refractivity contribution < 1.29 is 22.8 Å². The Kier molecular flexibility index (Phi) is 4.94. The molecular weight excluding hydrogens is 379 g/mol. The van der Waals surface area contributed by atoms with Gasteiger partial charge < -0.3 is 16.4 Å². The fraction of sp³-hybridized carbons (Fsp3) is 0.0625. The Morgan fingerprint density at radius 3 is 2.50 bits per heavy atom. The molecule has 9 nitrogen and oxygen atoms in total. The Bertz CT molecular complexity index is 1020. The van der Waals surface area contributed by atoms with Crippen LogP contribution in [0, 0.1) is 0 Å². The molecule has 0 aliphatic carbocycles. The SMILES string of the molecule is NC(=O)c1ccc(NC(=O)Nc2cccc(C(F)(F)F)c2)c(-c2nn[nH]n2)c1. The highest BCUT2D eigenvalue weighted by Gasteiger charge is 2.30. The number of aromatic nitrogens is 4. The number of hydrogen-bond donors (Lipinski definition) is 4. The number of carbonyl (C=O) groups is 2. The van der Waals surface area contributed by atoms with E-state index in [4.69, 9.17) is 5.73 Å². The molecule has 0 bridgehead atoms. The van der Waals surface area contributed by atoms with Crippen molar-refractivity contribution in [2.45, 2.75) is 6.18 Å². The number of tetrazole rings is 1. The number of carbonyl (C=O) groups excluding carboxylic acids is 2. The van der Waals surface area contributed by atoms with Gasteiger partial charge in [-0.1, -0.05) is 6.07 Å². The van der Waals surface area contributed by atoms with Crippen LogP contribution in [0.3, 0.4) is 0 Å². The fourth-order valence-corrected chi connectivity index (χ4v) is 2.33. The summed E-state index contributed by atoms with van der Waals surface area (Å²) in [5.74, 6) is -0.623. The molecule has 12 heteroatoms. The van der Waals surface area contributed by atoms with Crippen LogP contribution in [0.25, 0.3) is 11.4 Å². The summed E-state index contributed by atoms with van der Waals surface area (Å²) in [4.78, 5) is 23.6. The van der Waals surface area contributed by atoms with Crippen LogP contribution in [0.2, 0.25) is 0 Å². The lowest BCUT2D eigenvalue weighted by atomic mass is 10.1. The molecule has 3 aromatic rings. The van der Waals surface area contributed by atoms with Crippen LogP contribution in [0.4, 0.5) is 29.3 Å². The predicted octanol–water partition coefficient (Wildman–Crippen LogP) is 2.63. The lowest BCUT2D eigenvalue weighted by molar-refractivity contribution is -0.137. The normalized spacial score (nSPS) is 11.1. The first-order chi connectivity index (χ1) is 13.2. The van der Waals surface area contributed by atoms with E-state index in [0.717, 1.165) is 12.1 Å². The predicted molar refractivity (Wildman–Crippen MR) is 92.2 cm³/mol. The van der Waals surface area contributed by atoms with Crippen LogP contribution in [0.15, 0.2) is 42.5 Å². The Hall–Kier alpha value is -3.96. The molecular formula is C16H12F3N7O2. The van der Waals surface area contributed by atoms with Crippen LogP contribution < -0.4 is 16.4 Å². The van der Waals surface area contributed by atoms with Gasteiger partial charge in [-0.2, -0.15) is 18.4 Å². The summed E-state index contributed by atoms with van der Waals surface area (Å²) in [6, 6.07) is 7.47. The van der Waals surface area contributed by atoms with Crippen molar-refractivity contribution in [2.24, 2.45) is 5.73 Å². The van der Waals surface area contributed by atoms with Crippen molar-refractivity contribution in [3.05, 3.63) is 53.6 Å². The molecule has 28 heavy (non-hydrogen) atoms.